The van der Waals surface area contributed by atoms with Crippen molar-refractivity contribution in [2.75, 3.05) is 26.7 Å². The van der Waals surface area contributed by atoms with Crippen molar-refractivity contribution in [2.45, 2.75) is 38.1 Å². The quantitative estimate of drug-likeness (QED) is 0.788. The second-order valence-corrected chi connectivity index (χ2v) is 7.75. The highest BCUT2D eigenvalue weighted by molar-refractivity contribution is 5.95. The smallest absolute Gasteiger partial charge is 0.254 e. The molecule has 6 nitrogen and oxygen atoms in total. The highest BCUT2D eigenvalue weighted by atomic mass is 16.5. The third-order valence-electron chi connectivity index (χ3n) is 5.72. The first kappa shape index (κ1) is 18.0. The van der Waals surface area contributed by atoms with E-state index < -0.39 is 0 Å². The van der Waals surface area contributed by atoms with E-state index in [1.807, 2.05) is 12.1 Å². The minimum Gasteiger partial charge on any atom is -0.497 e. The van der Waals surface area contributed by atoms with Crippen LogP contribution in [0, 0.1) is 5.92 Å². The zero-order chi connectivity index (χ0) is 18.6. The lowest BCUT2D eigenvalue weighted by molar-refractivity contribution is 0.0934. The molecule has 0 spiro atoms. The fraction of sp³-hybridized carbons (Fsp3) is 0.524. The molecular formula is C21H28N4O2. The lowest BCUT2D eigenvalue weighted by atomic mass is 9.96. The maximum atomic E-state index is 12.5. The lowest BCUT2D eigenvalue weighted by Gasteiger charge is -2.32. The van der Waals surface area contributed by atoms with E-state index in [9.17, 15) is 4.79 Å². The Morgan fingerprint density at radius 3 is 2.63 bits per heavy atom. The van der Waals surface area contributed by atoms with E-state index in [1.165, 1.54) is 5.56 Å². The van der Waals surface area contributed by atoms with Crippen molar-refractivity contribution in [3.05, 3.63) is 47.3 Å². The normalized spacial score (nSPS) is 18.4. The standard InChI is InChI=1S/C21H28N4O2/c1-27-18-6-2-16(3-7-18)14-25-10-8-15(9-11-25)12-22-21(26)19-13-23-24-20(19)17-4-5-17/h2-3,6-7,13,15,17H,4-5,8-12,14H2,1H3,(H,22,26)(H,23,24). The van der Waals surface area contributed by atoms with Crippen LogP contribution in [-0.2, 0) is 6.54 Å². The van der Waals surface area contributed by atoms with Gasteiger partial charge in [-0.3, -0.25) is 14.8 Å². The van der Waals surface area contributed by atoms with E-state index in [1.54, 1.807) is 13.3 Å². The molecule has 1 aromatic carbocycles. The Morgan fingerprint density at radius 1 is 1.22 bits per heavy atom. The van der Waals surface area contributed by atoms with Crippen LogP contribution in [0.2, 0.25) is 0 Å². The summed E-state index contributed by atoms with van der Waals surface area (Å²) in [6.07, 6.45) is 6.24. The summed E-state index contributed by atoms with van der Waals surface area (Å²) in [4.78, 5) is 15.0. The van der Waals surface area contributed by atoms with Crippen LogP contribution in [0.3, 0.4) is 0 Å². The third-order valence-corrected chi connectivity index (χ3v) is 5.72. The summed E-state index contributed by atoms with van der Waals surface area (Å²) in [5.74, 6) is 1.98. The first-order chi connectivity index (χ1) is 13.2. The fourth-order valence-electron chi connectivity index (χ4n) is 3.83. The van der Waals surface area contributed by atoms with Gasteiger partial charge in [-0.1, -0.05) is 12.1 Å². The van der Waals surface area contributed by atoms with E-state index in [2.05, 4.69) is 32.5 Å². The van der Waals surface area contributed by atoms with Crippen molar-refractivity contribution in [3.63, 3.8) is 0 Å². The van der Waals surface area contributed by atoms with Gasteiger partial charge in [-0.2, -0.15) is 5.10 Å². The average molecular weight is 368 g/mol. The zero-order valence-electron chi connectivity index (χ0n) is 15.9. The number of aromatic nitrogens is 2. The monoisotopic (exact) mass is 368 g/mol. The van der Waals surface area contributed by atoms with Gasteiger partial charge in [-0.25, -0.2) is 0 Å². The van der Waals surface area contributed by atoms with Gasteiger partial charge in [-0.15, -0.1) is 0 Å². The predicted molar refractivity (Wildman–Crippen MR) is 104 cm³/mol. The van der Waals surface area contributed by atoms with Gasteiger partial charge < -0.3 is 10.1 Å². The first-order valence-corrected chi connectivity index (χ1v) is 9.89. The minimum absolute atomic E-state index is 0.0197. The Hall–Kier alpha value is -2.34. The summed E-state index contributed by atoms with van der Waals surface area (Å²) in [5, 5.41) is 10.2. The number of methoxy groups -OCH3 is 1. The molecule has 2 N–H and O–H groups in total. The van der Waals surface area contributed by atoms with Gasteiger partial charge in [0.2, 0.25) is 0 Å². The van der Waals surface area contributed by atoms with Gasteiger partial charge in [0.15, 0.2) is 0 Å². The molecule has 0 unspecified atom stereocenters. The van der Waals surface area contributed by atoms with Crippen molar-refractivity contribution in [3.8, 4) is 5.75 Å². The molecule has 1 amide bonds. The molecule has 1 saturated carbocycles. The number of rotatable bonds is 7. The molecular weight excluding hydrogens is 340 g/mol. The summed E-state index contributed by atoms with van der Waals surface area (Å²) in [7, 11) is 1.69. The third kappa shape index (κ3) is 4.50. The van der Waals surface area contributed by atoms with E-state index in [-0.39, 0.29) is 5.91 Å². The number of likely N-dealkylation sites (tertiary alicyclic amines) is 1. The molecule has 27 heavy (non-hydrogen) atoms. The predicted octanol–water partition coefficient (Wildman–Crippen LogP) is 2.94. The molecule has 0 radical (unpaired) electrons. The summed E-state index contributed by atoms with van der Waals surface area (Å²) in [5.41, 5.74) is 3.06. The molecule has 6 heteroatoms. The SMILES string of the molecule is COc1ccc(CN2CCC(CNC(=O)c3cn[nH]c3C3CC3)CC2)cc1. The van der Waals surface area contributed by atoms with E-state index >= 15 is 0 Å². The highest BCUT2D eigenvalue weighted by Crippen LogP contribution is 2.40. The summed E-state index contributed by atoms with van der Waals surface area (Å²) >= 11 is 0. The molecule has 2 fully saturated rings. The number of aromatic amines is 1. The molecule has 0 atom stereocenters. The lowest BCUT2D eigenvalue weighted by Crippen LogP contribution is -2.38. The topological polar surface area (TPSA) is 70.2 Å². The van der Waals surface area contributed by atoms with Gasteiger partial charge >= 0.3 is 0 Å². The number of benzene rings is 1. The minimum atomic E-state index is 0.0197. The maximum absolute atomic E-state index is 12.5. The van der Waals surface area contributed by atoms with E-state index in [0.29, 0.717) is 11.8 Å². The number of carbonyl (C=O) groups excluding carboxylic acids is 1. The molecule has 4 rings (SSSR count). The summed E-state index contributed by atoms with van der Waals surface area (Å²) in [6.45, 7) is 3.88. The van der Waals surface area contributed by atoms with Crippen LogP contribution in [0.4, 0.5) is 0 Å². The molecule has 144 valence electrons. The van der Waals surface area contributed by atoms with Gasteiger partial charge in [0.25, 0.3) is 5.91 Å². The second kappa shape index (κ2) is 8.13. The summed E-state index contributed by atoms with van der Waals surface area (Å²) in [6, 6.07) is 8.30. The molecule has 1 aromatic heterocycles. The number of piperidine rings is 1. The summed E-state index contributed by atoms with van der Waals surface area (Å²) < 4.78 is 5.22. The second-order valence-electron chi connectivity index (χ2n) is 7.75. The Labute approximate surface area is 160 Å². The molecule has 1 aliphatic carbocycles. The molecule has 0 bridgehead atoms. The number of hydrogen-bond acceptors (Lipinski definition) is 4. The number of amides is 1. The van der Waals surface area contributed by atoms with Gasteiger partial charge in [0.05, 0.1) is 24.6 Å². The van der Waals surface area contributed by atoms with Crippen molar-refractivity contribution >= 4 is 5.91 Å². The van der Waals surface area contributed by atoms with Gasteiger partial charge in [-0.05, 0) is 62.4 Å². The van der Waals surface area contributed by atoms with Crippen LogP contribution in [0.25, 0.3) is 0 Å². The van der Waals surface area contributed by atoms with Crippen molar-refractivity contribution in [1.29, 1.82) is 0 Å². The van der Waals surface area contributed by atoms with Gasteiger partial charge in [0, 0.05) is 19.0 Å². The van der Waals surface area contributed by atoms with Crippen LogP contribution >= 0.6 is 0 Å². The molecule has 2 heterocycles. The van der Waals surface area contributed by atoms with E-state index in [4.69, 9.17) is 4.74 Å². The molecule has 1 aliphatic heterocycles. The number of nitrogens with zero attached hydrogens (tertiary/aromatic N) is 2. The van der Waals surface area contributed by atoms with Crippen LogP contribution in [0.1, 0.15) is 53.2 Å². The number of nitrogens with one attached hydrogen (secondary N) is 2. The molecule has 2 aromatic rings. The number of carbonyl (C=O) groups is 1. The van der Waals surface area contributed by atoms with Crippen molar-refractivity contribution in [2.24, 2.45) is 5.92 Å². The Kier molecular flexibility index (Phi) is 5.43. The van der Waals surface area contributed by atoms with Crippen LogP contribution in [0.5, 0.6) is 5.75 Å². The number of ether oxygens (including phenoxy) is 1. The fourth-order valence-corrected chi connectivity index (χ4v) is 3.83. The highest BCUT2D eigenvalue weighted by Gasteiger charge is 2.30. The zero-order valence-corrected chi connectivity index (χ0v) is 15.9. The van der Waals surface area contributed by atoms with Crippen molar-refractivity contribution in [1.82, 2.24) is 20.4 Å². The molecule has 2 aliphatic rings. The van der Waals surface area contributed by atoms with Crippen LogP contribution in [-0.4, -0.2) is 47.7 Å². The van der Waals surface area contributed by atoms with Crippen LogP contribution in [0.15, 0.2) is 30.5 Å². The Balaban J connectivity index is 1.21. The van der Waals surface area contributed by atoms with Crippen LogP contribution < -0.4 is 10.1 Å². The Bertz CT molecular complexity index is 759. The van der Waals surface area contributed by atoms with E-state index in [0.717, 1.165) is 68.9 Å². The number of hydrogen-bond donors (Lipinski definition) is 2. The number of H-pyrrole nitrogens is 1. The molecule has 1 saturated heterocycles. The van der Waals surface area contributed by atoms with Gasteiger partial charge in [0.1, 0.15) is 5.75 Å². The first-order valence-electron chi connectivity index (χ1n) is 9.89. The average Bonchev–Trinajstić information content (AvgIpc) is 3.44. The largest absolute Gasteiger partial charge is 0.497 e. The Morgan fingerprint density at radius 2 is 1.96 bits per heavy atom. The van der Waals surface area contributed by atoms with Crippen molar-refractivity contribution < 1.29 is 9.53 Å². The maximum Gasteiger partial charge on any atom is 0.254 e.